The van der Waals surface area contributed by atoms with Crippen molar-refractivity contribution in [2.75, 3.05) is 18.0 Å². The number of anilines is 1. The van der Waals surface area contributed by atoms with Gasteiger partial charge in [0.25, 0.3) is 0 Å². The van der Waals surface area contributed by atoms with Gasteiger partial charge in [0.15, 0.2) is 0 Å². The minimum Gasteiger partial charge on any atom is -0.390 e. The molecule has 0 bridgehead atoms. The van der Waals surface area contributed by atoms with Crippen molar-refractivity contribution in [3.05, 3.63) is 58.2 Å². The maximum atomic E-state index is 10.2. The van der Waals surface area contributed by atoms with Crippen LogP contribution in [0.4, 0.5) is 5.69 Å². The fourth-order valence-corrected chi connectivity index (χ4v) is 4.41. The molecular weight excluding hydrogens is 355 g/mol. The van der Waals surface area contributed by atoms with E-state index in [1.165, 1.54) is 6.42 Å². The molecular formula is C20H20Cl2N2O. The van der Waals surface area contributed by atoms with Crippen molar-refractivity contribution < 1.29 is 5.11 Å². The Balaban J connectivity index is 2.07. The number of fused-ring (bicyclic) bond motifs is 1. The molecule has 0 unspecified atom stereocenters. The molecule has 1 aliphatic heterocycles. The van der Waals surface area contributed by atoms with Gasteiger partial charge in [0, 0.05) is 29.2 Å². The third kappa shape index (κ3) is 2.91. The highest BCUT2D eigenvalue weighted by Gasteiger charge is 2.25. The van der Waals surface area contributed by atoms with E-state index in [9.17, 15) is 5.11 Å². The topological polar surface area (TPSA) is 28.4 Å². The molecule has 1 aromatic heterocycles. The summed E-state index contributed by atoms with van der Waals surface area (Å²) in [6, 6.07) is 13.8. The van der Waals surface area contributed by atoms with Crippen LogP contribution in [0.5, 0.6) is 0 Å². The van der Waals surface area contributed by atoms with E-state index in [2.05, 4.69) is 9.47 Å². The van der Waals surface area contributed by atoms with Gasteiger partial charge >= 0.3 is 0 Å². The molecule has 0 atom stereocenters. The van der Waals surface area contributed by atoms with Crippen LogP contribution in [0.2, 0.25) is 10.0 Å². The summed E-state index contributed by atoms with van der Waals surface area (Å²) in [6.45, 7) is 1.92. The van der Waals surface area contributed by atoms with Gasteiger partial charge in [0.2, 0.25) is 0 Å². The molecule has 0 aliphatic carbocycles. The van der Waals surface area contributed by atoms with E-state index in [1.54, 1.807) is 6.07 Å². The van der Waals surface area contributed by atoms with Crippen molar-refractivity contribution in [1.82, 2.24) is 4.57 Å². The largest absolute Gasteiger partial charge is 0.390 e. The average molecular weight is 375 g/mol. The molecule has 3 nitrogen and oxygen atoms in total. The highest BCUT2D eigenvalue weighted by atomic mass is 35.5. The summed E-state index contributed by atoms with van der Waals surface area (Å²) in [5.41, 5.74) is 3.85. The second-order valence-corrected chi connectivity index (χ2v) is 7.30. The van der Waals surface area contributed by atoms with Gasteiger partial charge < -0.3 is 14.6 Å². The Labute approximate surface area is 157 Å². The Morgan fingerprint density at radius 3 is 2.36 bits per heavy atom. The lowest BCUT2D eigenvalue weighted by atomic mass is 10.1. The molecule has 0 amide bonds. The quantitative estimate of drug-likeness (QED) is 0.662. The number of para-hydroxylation sites is 1. The lowest BCUT2D eigenvalue weighted by Crippen LogP contribution is -2.30. The molecule has 1 saturated heterocycles. The monoisotopic (exact) mass is 374 g/mol. The zero-order chi connectivity index (χ0) is 17.4. The van der Waals surface area contributed by atoms with E-state index in [1.807, 2.05) is 36.4 Å². The Hall–Kier alpha value is -1.68. The van der Waals surface area contributed by atoms with E-state index in [-0.39, 0.29) is 6.61 Å². The Morgan fingerprint density at radius 2 is 1.68 bits per heavy atom. The lowest BCUT2D eigenvalue weighted by molar-refractivity contribution is 0.275. The predicted octanol–water partition coefficient (Wildman–Crippen LogP) is 5.42. The lowest BCUT2D eigenvalue weighted by Gasteiger charge is -2.29. The van der Waals surface area contributed by atoms with E-state index >= 15 is 0 Å². The molecule has 1 aliphatic rings. The fraction of sp³-hybridized carbons (Fsp3) is 0.300. The standard InChI is InChI=1S/C20H20Cl2N2O/c21-14-11-16(22)19-17(12-14)24(15-7-3-1-4-8-15)18(13-25)20(19)23-9-5-2-6-10-23/h1,3-4,7-8,11-12,25H,2,5-6,9-10,13H2. The molecule has 0 radical (unpaired) electrons. The van der Waals surface area contributed by atoms with E-state index < -0.39 is 0 Å². The number of hydrogen-bond acceptors (Lipinski definition) is 2. The summed E-state index contributed by atoms with van der Waals surface area (Å²) in [4.78, 5) is 2.36. The highest BCUT2D eigenvalue weighted by molar-refractivity contribution is 6.39. The summed E-state index contributed by atoms with van der Waals surface area (Å²) >= 11 is 12.9. The van der Waals surface area contributed by atoms with Gasteiger partial charge in [-0.2, -0.15) is 0 Å². The Bertz CT molecular complexity index is 899. The van der Waals surface area contributed by atoms with E-state index in [0.717, 1.165) is 53.9 Å². The maximum absolute atomic E-state index is 10.2. The Morgan fingerprint density at radius 1 is 0.960 bits per heavy atom. The SMILES string of the molecule is OCc1c(N2CCCCC2)c2c(Cl)cc(Cl)cc2n1-c1ccccc1. The number of nitrogens with zero attached hydrogens (tertiary/aromatic N) is 2. The number of aliphatic hydroxyl groups is 1. The van der Waals surface area contributed by atoms with Crippen LogP contribution in [0.25, 0.3) is 16.6 Å². The first-order valence-corrected chi connectivity index (χ1v) is 9.40. The van der Waals surface area contributed by atoms with Crippen LogP contribution >= 0.6 is 23.2 Å². The molecule has 25 heavy (non-hydrogen) atoms. The predicted molar refractivity (Wildman–Crippen MR) is 105 cm³/mol. The van der Waals surface area contributed by atoms with Crippen LogP contribution in [-0.2, 0) is 6.61 Å². The minimum absolute atomic E-state index is 0.0522. The number of halogens is 2. The molecule has 1 fully saturated rings. The second kappa shape index (κ2) is 6.91. The number of benzene rings is 2. The van der Waals surface area contributed by atoms with Crippen molar-refractivity contribution >= 4 is 39.8 Å². The van der Waals surface area contributed by atoms with Crippen molar-refractivity contribution in [3.63, 3.8) is 0 Å². The Kier molecular flexibility index (Phi) is 4.63. The molecule has 0 saturated carbocycles. The fourth-order valence-electron chi connectivity index (χ4n) is 3.84. The van der Waals surface area contributed by atoms with Gasteiger partial charge in [-0.1, -0.05) is 41.4 Å². The van der Waals surface area contributed by atoms with E-state index in [4.69, 9.17) is 23.2 Å². The van der Waals surface area contributed by atoms with Crippen LogP contribution in [0.15, 0.2) is 42.5 Å². The third-order valence-corrected chi connectivity index (χ3v) is 5.41. The number of aliphatic hydroxyl groups excluding tert-OH is 1. The molecule has 3 aromatic rings. The zero-order valence-corrected chi connectivity index (χ0v) is 15.4. The summed E-state index contributed by atoms with van der Waals surface area (Å²) < 4.78 is 2.08. The molecule has 2 aromatic carbocycles. The number of piperidine rings is 1. The van der Waals surface area contributed by atoms with Gasteiger partial charge in [-0.25, -0.2) is 0 Å². The van der Waals surface area contributed by atoms with Crippen LogP contribution in [-0.4, -0.2) is 22.8 Å². The molecule has 2 heterocycles. The maximum Gasteiger partial charge on any atom is 0.0857 e. The molecule has 5 heteroatoms. The smallest absolute Gasteiger partial charge is 0.0857 e. The third-order valence-electron chi connectivity index (χ3n) is 4.89. The zero-order valence-electron chi connectivity index (χ0n) is 13.9. The van der Waals surface area contributed by atoms with Gasteiger partial charge in [-0.15, -0.1) is 0 Å². The summed E-state index contributed by atoms with van der Waals surface area (Å²) in [5.74, 6) is 0. The summed E-state index contributed by atoms with van der Waals surface area (Å²) in [6.07, 6.45) is 3.57. The molecule has 1 N–H and O–H groups in total. The van der Waals surface area contributed by atoms with E-state index in [0.29, 0.717) is 10.0 Å². The van der Waals surface area contributed by atoms with Gasteiger partial charge in [-0.05, 0) is 43.5 Å². The summed E-state index contributed by atoms with van der Waals surface area (Å²) in [5, 5.41) is 12.4. The first-order valence-electron chi connectivity index (χ1n) is 8.64. The first-order chi connectivity index (χ1) is 12.2. The van der Waals surface area contributed by atoms with Crippen LogP contribution in [0.1, 0.15) is 25.0 Å². The number of aromatic nitrogens is 1. The normalized spacial score (nSPS) is 15.1. The number of hydrogen-bond donors (Lipinski definition) is 1. The van der Waals surface area contributed by atoms with Gasteiger partial charge in [0.05, 0.1) is 28.5 Å². The van der Waals surface area contributed by atoms with Crippen molar-refractivity contribution in [1.29, 1.82) is 0 Å². The second-order valence-electron chi connectivity index (χ2n) is 6.45. The average Bonchev–Trinajstić information content (AvgIpc) is 2.97. The van der Waals surface area contributed by atoms with Crippen LogP contribution in [0, 0.1) is 0 Å². The van der Waals surface area contributed by atoms with Crippen LogP contribution < -0.4 is 4.90 Å². The van der Waals surface area contributed by atoms with Crippen molar-refractivity contribution in [2.24, 2.45) is 0 Å². The van der Waals surface area contributed by atoms with Crippen molar-refractivity contribution in [3.8, 4) is 5.69 Å². The van der Waals surface area contributed by atoms with Crippen LogP contribution in [0.3, 0.4) is 0 Å². The van der Waals surface area contributed by atoms with Crippen molar-refractivity contribution in [2.45, 2.75) is 25.9 Å². The molecule has 130 valence electrons. The molecule has 4 rings (SSSR count). The van der Waals surface area contributed by atoms with Gasteiger partial charge in [-0.3, -0.25) is 0 Å². The first kappa shape index (κ1) is 16.8. The summed E-state index contributed by atoms with van der Waals surface area (Å²) in [7, 11) is 0. The molecule has 0 spiro atoms. The minimum atomic E-state index is -0.0522. The number of rotatable bonds is 3. The van der Waals surface area contributed by atoms with Gasteiger partial charge in [0.1, 0.15) is 0 Å². The highest BCUT2D eigenvalue weighted by Crippen LogP contribution is 2.42.